The number of nitrogens with zero attached hydrogens (tertiary/aromatic N) is 2. The second-order valence-corrected chi connectivity index (χ2v) is 4.20. The molecular weight excluding hydrogens is 274 g/mol. The predicted molar refractivity (Wildman–Crippen MR) is 77.8 cm³/mol. The Hall–Kier alpha value is -2.83. The number of methoxy groups -OCH3 is 1. The number of hydrogen-bond acceptors (Lipinski definition) is 6. The van der Waals surface area contributed by atoms with E-state index in [1.807, 2.05) is 24.3 Å². The molecule has 110 valence electrons. The maximum absolute atomic E-state index is 10.9. The highest BCUT2D eigenvalue weighted by Crippen LogP contribution is 2.23. The smallest absolute Gasteiger partial charge is 0.278 e. The van der Waals surface area contributed by atoms with Crippen molar-refractivity contribution in [1.82, 2.24) is 4.98 Å². The Labute approximate surface area is 121 Å². The van der Waals surface area contributed by atoms with E-state index in [4.69, 9.17) is 9.47 Å². The summed E-state index contributed by atoms with van der Waals surface area (Å²) in [7, 11) is 3.22. The summed E-state index contributed by atoms with van der Waals surface area (Å²) in [5.41, 5.74) is 0.809. The first-order valence-electron chi connectivity index (χ1n) is 6.22. The van der Waals surface area contributed by atoms with Crippen molar-refractivity contribution in [2.75, 3.05) is 19.5 Å². The molecule has 0 saturated heterocycles. The molecule has 0 saturated carbocycles. The van der Waals surface area contributed by atoms with Crippen LogP contribution in [0.4, 0.5) is 11.5 Å². The molecule has 7 nitrogen and oxygen atoms in total. The molecule has 0 atom stereocenters. The summed E-state index contributed by atoms with van der Waals surface area (Å²) in [4.78, 5) is 14.5. The van der Waals surface area contributed by atoms with Crippen LogP contribution in [0.25, 0.3) is 0 Å². The van der Waals surface area contributed by atoms with E-state index >= 15 is 0 Å². The largest absolute Gasteiger partial charge is 0.497 e. The SMILES string of the molecule is CNc1cc([N+](=O)[O-])cc(OCc2cccc(OC)c2)n1. The lowest BCUT2D eigenvalue weighted by molar-refractivity contribution is -0.384. The van der Waals surface area contributed by atoms with Crippen molar-refractivity contribution in [3.05, 3.63) is 52.1 Å². The minimum atomic E-state index is -0.485. The third kappa shape index (κ3) is 3.82. The number of ether oxygens (including phenoxy) is 2. The van der Waals surface area contributed by atoms with Gasteiger partial charge in [-0.2, -0.15) is 4.98 Å². The number of aromatic nitrogens is 1. The highest BCUT2D eigenvalue weighted by molar-refractivity contribution is 5.47. The van der Waals surface area contributed by atoms with Crippen LogP contribution in [0, 0.1) is 10.1 Å². The first-order valence-corrected chi connectivity index (χ1v) is 6.22. The first-order chi connectivity index (χ1) is 10.1. The topological polar surface area (TPSA) is 86.5 Å². The Morgan fingerprint density at radius 2 is 2.14 bits per heavy atom. The molecule has 0 radical (unpaired) electrons. The van der Waals surface area contributed by atoms with Gasteiger partial charge in [-0.1, -0.05) is 12.1 Å². The molecule has 0 aliphatic heterocycles. The molecule has 1 aromatic heterocycles. The van der Waals surface area contributed by atoms with E-state index in [1.165, 1.54) is 12.1 Å². The Balaban J connectivity index is 2.15. The fourth-order valence-electron chi connectivity index (χ4n) is 1.72. The minimum absolute atomic E-state index is 0.0741. The fraction of sp³-hybridized carbons (Fsp3) is 0.214. The van der Waals surface area contributed by atoms with Gasteiger partial charge in [-0.25, -0.2) is 0 Å². The predicted octanol–water partition coefficient (Wildman–Crippen LogP) is 2.62. The number of rotatable bonds is 6. The van der Waals surface area contributed by atoms with Gasteiger partial charge >= 0.3 is 0 Å². The maximum Gasteiger partial charge on any atom is 0.278 e. The third-order valence-electron chi connectivity index (χ3n) is 2.77. The van der Waals surface area contributed by atoms with Crippen LogP contribution in [-0.2, 0) is 6.61 Å². The lowest BCUT2D eigenvalue weighted by atomic mass is 10.2. The fourth-order valence-corrected chi connectivity index (χ4v) is 1.72. The molecule has 0 aliphatic carbocycles. The Bertz CT molecular complexity index is 646. The van der Waals surface area contributed by atoms with Gasteiger partial charge in [0.1, 0.15) is 18.2 Å². The number of nitrogens with one attached hydrogen (secondary N) is 1. The average molecular weight is 289 g/mol. The van der Waals surface area contributed by atoms with Gasteiger partial charge in [-0.05, 0) is 17.7 Å². The van der Waals surface area contributed by atoms with Gasteiger partial charge < -0.3 is 14.8 Å². The molecule has 1 aromatic carbocycles. The molecule has 0 aliphatic rings. The minimum Gasteiger partial charge on any atom is -0.497 e. The quantitative estimate of drug-likeness (QED) is 0.649. The van der Waals surface area contributed by atoms with E-state index in [0.717, 1.165) is 11.3 Å². The van der Waals surface area contributed by atoms with Crippen LogP contribution >= 0.6 is 0 Å². The van der Waals surface area contributed by atoms with E-state index in [2.05, 4.69) is 10.3 Å². The van der Waals surface area contributed by atoms with Crippen LogP contribution in [-0.4, -0.2) is 24.1 Å². The molecule has 1 N–H and O–H groups in total. The molecule has 2 aromatic rings. The first kappa shape index (κ1) is 14.6. The number of nitro groups is 1. The Morgan fingerprint density at radius 1 is 1.33 bits per heavy atom. The maximum atomic E-state index is 10.9. The summed E-state index contributed by atoms with van der Waals surface area (Å²) >= 11 is 0. The van der Waals surface area contributed by atoms with Crippen LogP contribution in [0.1, 0.15) is 5.56 Å². The van der Waals surface area contributed by atoms with Crippen LogP contribution in [0.15, 0.2) is 36.4 Å². The second kappa shape index (κ2) is 6.56. The molecule has 1 heterocycles. The highest BCUT2D eigenvalue weighted by atomic mass is 16.6. The van der Waals surface area contributed by atoms with E-state index in [9.17, 15) is 10.1 Å². The normalized spacial score (nSPS) is 10.0. The Kier molecular flexibility index (Phi) is 4.55. The van der Waals surface area contributed by atoms with Gasteiger partial charge in [0, 0.05) is 7.05 Å². The van der Waals surface area contributed by atoms with E-state index < -0.39 is 4.92 Å². The molecule has 0 unspecified atom stereocenters. The van der Waals surface area contributed by atoms with Crippen molar-refractivity contribution in [2.24, 2.45) is 0 Å². The molecule has 0 spiro atoms. The van der Waals surface area contributed by atoms with Crippen LogP contribution < -0.4 is 14.8 Å². The van der Waals surface area contributed by atoms with Crippen molar-refractivity contribution < 1.29 is 14.4 Å². The van der Waals surface area contributed by atoms with E-state index in [-0.39, 0.29) is 18.2 Å². The van der Waals surface area contributed by atoms with Gasteiger partial charge in [0.25, 0.3) is 5.69 Å². The second-order valence-electron chi connectivity index (χ2n) is 4.20. The van der Waals surface area contributed by atoms with Crippen molar-refractivity contribution >= 4 is 11.5 Å². The molecular formula is C14H15N3O4. The number of hydrogen-bond donors (Lipinski definition) is 1. The van der Waals surface area contributed by atoms with Gasteiger partial charge in [0.15, 0.2) is 0 Å². The van der Waals surface area contributed by atoms with Crippen LogP contribution in [0.3, 0.4) is 0 Å². The van der Waals surface area contributed by atoms with Gasteiger partial charge in [-0.15, -0.1) is 0 Å². The summed E-state index contributed by atoms with van der Waals surface area (Å²) in [5.74, 6) is 1.29. The summed E-state index contributed by atoms with van der Waals surface area (Å²) in [5, 5.41) is 13.6. The Morgan fingerprint density at radius 3 is 2.81 bits per heavy atom. The third-order valence-corrected chi connectivity index (χ3v) is 2.77. The average Bonchev–Trinajstić information content (AvgIpc) is 2.52. The standard InChI is InChI=1S/C14H15N3O4/c1-15-13-7-11(17(18)19)8-14(16-13)21-9-10-4-3-5-12(6-10)20-2/h3-8H,9H2,1-2H3,(H,15,16). The van der Waals surface area contributed by atoms with Crippen LogP contribution in [0.2, 0.25) is 0 Å². The molecule has 0 fully saturated rings. The van der Waals surface area contributed by atoms with Gasteiger partial charge in [-0.3, -0.25) is 10.1 Å². The summed E-state index contributed by atoms with van der Waals surface area (Å²) < 4.78 is 10.6. The molecule has 0 bridgehead atoms. The van der Waals surface area contributed by atoms with Crippen molar-refractivity contribution in [1.29, 1.82) is 0 Å². The van der Waals surface area contributed by atoms with Crippen molar-refractivity contribution in [2.45, 2.75) is 6.61 Å². The van der Waals surface area contributed by atoms with Crippen molar-refractivity contribution in [3.63, 3.8) is 0 Å². The lowest BCUT2D eigenvalue weighted by Gasteiger charge is -2.08. The highest BCUT2D eigenvalue weighted by Gasteiger charge is 2.11. The molecule has 2 rings (SSSR count). The van der Waals surface area contributed by atoms with E-state index in [0.29, 0.717) is 5.82 Å². The van der Waals surface area contributed by atoms with Crippen LogP contribution in [0.5, 0.6) is 11.6 Å². The summed E-state index contributed by atoms with van der Waals surface area (Å²) in [6.07, 6.45) is 0. The zero-order valence-corrected chi connectivity index (χ0v) is 11.7. The molecule has 7 heteroatoms. The monoisotopic (exact) mass is 289 g/mol. The number of anilines is 1. The summed E-state index contributed by atoms with van der Waals surface area (Å²) in [6, 6.07) is 10.0. The van der Waals surface area contributed by atoms with E-state index in [1.54, 1.807) is 14.2 Å². The van der Waals surface area contributed by atoms with Crippen molar-refractivity contribution in [3.8, 4) is 11.6 Å². The van der Waals surface area contributed by atoms with Gasteiger partial charge in [0.2, 0.25) is 5.88 Å². The zero-order chi connectivity index (χ0) is 15.2. The number of pyridine rings is 1. The lowest BCUT2D eigenvalue weighted by Crippen LogP contribution is -2.01. The zero-order valence-electron chi connectivity index (χ0n) is 11.7. The summed E-state index contributed by atoms with van der Waals surface area (Å²) in [6.45, 7) is 0.245. The van der Waals surface area contributed by atoms with Gasteiger partial charge in [0.05, 0.1) is 24.2 Å². The molecule has 21 heavy (non-hydrogen) atoms. The molecule has 0 amide bonds. The number of benzene rings is 1.